The van der Waals surface area contributed by atoms with Gasteiger partial charge in [-0.2, -0.15) is 5.10 Å². The van der Waals surface area contributed by atoms with Crippen molar-refractivity contribution in [3.63, 3.8) is 0 Å². The highest BCUT2D eigenvalue weighted by molar-refractivity contribution is 5.93. The predicted molar refractivity (Wildman–Crippen MR) is 83.6 cm³/mol. The van der Waals surface area contributed by atoms with Crippen LogP contribution in [0.4, 0.5) is 4.39 Å². The minimum atomic E-state index is -1.00. The smallest absolute Gasteiger partial charge is 0.305 e. The van der Waals surface area contributed by atoms with Gasteiger partial charge in [-0.05, 0) is 30.3 Å². The molecule has 0 aliphatic rings. The molecule has 0 aliphatic carbocycles. The second-order valence-corrected chi connectivity index (χ2v) is 5.07. The van der Waals surface area contributed by atoms with E-state index in [1.165, 1.54) is 12.1 Å². The van der Waals surface area contributed by atoms with Crippen LogP contribution in [0.15, 0.2) is 53.3 Å². The zero-order valence-electron chi connectivity index (χ0n) is 12.1. The quantitative estimate of drug-likeness (QED) is 0.804. The third-order valence-electron chi connectivity index (χ3n) is 3.52. The number of rotatable bonds is 4. The topological polar surface area (TPSA) is 72.2 Å². The number of hydrogen-bond acceptors (Lipinski definition) is 3. The molecule has 116 valence electrons. The Balaban J connectivity index is 2.23. The molecule has 1 N–H and O–H groups in total. The van der Waals surface area contributed by atoms with Gasteiger partial charge in [-0.25, -0.2) is 9.07 Å². The van der Waals surface area contributed by atoms with Crippen molar-refractivity contribution in [2.45, 2.75) is 13.0 Å². The van der Waals surface area contributed by atoms with Gasteiger partial charge in [0.05, 0.1) is 24.0 Å². The summed E-state index contributed by atoms with van der Waals surface area (Å²) in [6, 6.07) is 12.8. The molecule has 0 radical (unpaired) electrons. The summed E-state index contributed by atoms with van der Waals surface area (Å²) < 4.78 is 14.3. The van der Waals surface area contributed by atoms with Crippen molar-refractivity contribution in [3.8, 4) is 11.3 Å². The number of fused-ring (bicyclic) bond motifs is 1. The number of carboxylic acid groups (broad SMARTS) is 1. The van der Waals surface area contributed by atoms with Gasteiger partial charge in [-0.15, -0.1) is 0 Å². The van der Waals surface area contributed by atoms with E-state index in [-0.39, 0.29) is 24.3 Å². The zero-order chi connectivity index (χ0) is 16.4. The molecule has 3 aromatic rings. The Kier molecular flexibility index (Phi) is 3.89. The number of aryl methyl sites for hydroxylation is 1. The summed E-state index contributed by atoms with van der Waals surface area (Å²) in [6.45, 7) is -0.0206. The molecule has 0 aliphatic heterocycles. The molecule has 0 unspecified atom stereocenters. The molecule has 0 bridgehead atoms. The van der Waals surface area contributed by atoms with E-state index in [9.17, 15) is 14.0 Å². The van der Waals surface area contributed by atoms with Crippen LogP contribution in [0.5, 0.6) is 0 Å². The van der Waals surface area contributed by atoms with Crippen LogP contribution in [0.1, 0.15) is 6.42 Å². The van der Waals surface area contributed by atoms with Crippen LogP contribution in [0.2, 0.25) is 0 Å². The highest BCUT2D eigenvalue weighted by Gasteiger charge is 2.12. The van der Waals surface area contributed by atoms with E-state index in [0.29, 0.717) is 22.0 Å². The molecule has 6 heteroatoms. The van der Waals surface area contributed by atoms with Gasteiger partial charge in [0.25, 0.3) is 5.56 Å². The fourth-order valence-electron chi connectivity index (χ4n) is 2.41. The molecule has 0 spiro atoms. The lowest BCUT2D eigenvalue weighted by molar-refractivity contribution is -0.137. The minimum absolute atomic E-state index is 0.0206. The number of halogens is 1. The Labute approximate surface area is 130 Å². The van der Waals surface area contributed by atoms with Crippen molar-refractivity contribution in [2.24, 2.45) is 0 Å². The summed E-state index contributed by atoms with van der Waals surface area (Å²) in [4.78, 5) is 23.2. The molecule has 23 heavy (non-hydrogen) atoms. The van der Waals surface area contributed by atoms with Crippen molar-refractivity contribution < 1.29 is 14.3 Å². The maximum absolute atomic E-state index is 13.1. The largest absolute Gasteiger partial charge is 0.481 e. The van der Waals surface area contributed by atoms with Crippen LogP contribution in [0.25, 0.3) is 22.0 Å². The van der Waals surface area contributed by atoms with Gasteiger partial charge in [-0.1, -0.05) is 18.2 Å². The van der Waals surface area contributed by atoms with Crippen molar-refractivity contribution in [1.29, 1.82) is 0 Å². The van der Waals surface area contributed by atoms with Gasteiger partial charge in [0.1, 0.15) is 5.82 Å². The molecule has 0 atom stereocenters. The molecule has 0 saturated heterocycles. The van der Waals surface area contributed by atoms with E-state index in [1.54, 1.807) is 36.4 Å². The summed E-state index contributed by atoms with van der Waals surface area (Å²) in [5.74, 6) is -1.37. The van der Waals surface area contributed by atoms with E-state index < -0.39 is 5.97 Å². The van der Waals surface area contributed by atoms with Gasteiger partial charge in [0.15, 0.2) is 0 Å². The van der Waals surface area contributed by atoms with E-state index in [0.717, 1.165) is 4.68 Å². The molecule has 1 aromatic heterocycles. The molecule has 0 saturated carbocycles. The van der Waals surface area contributed by atoms with Gasteiger partial charge in [0, 0.05) is 10.9 Å². The van der Waals surface area contributed by atoms with Crippen LogP contribution in [0, 0.1) is 5.82 Å². The van der Waals surface area contributed by atoms with Crippen LogP contribution in [-0.4, -0.2) is 20.9 Å². The lowest BCUT2D eigenvalue weighted by Gasteiger charge is -2.10. The lowest BCUT2D eigenvalue weighted by atomic mass is 10.1. The number of benzene rings is 2. The summed E-state index contributed by atoms with van der Waals surface area (Å²) in [6.07, 6.45) is -0.200. The summed E-state index contributed by atoms with van der Waals surface area (Å²) >= 11 is 0. The number of aliphatic carboxylic acids is 1. The summed E-state index contributed by atoms with van der Waals surface area (Å²) in [5, 5.41) is 14.2. The average molecular weight is 312 g/mol. The van der Waals surface area contributed by atoms with Crippen molar-refractivity contribution in [2.75, 3.05) is 0 Å². The Hall–Kier alpha value is -3.02. The highest BCUT2D eigenvalue weighted by atomic mass is 19.1. The Morgan fingerprint density at radius 1 is 1.09 bits per heavy atom. The highest BCUT2D eigenvalue weighted by Crippen LogP contribution is 2.24. The van der Waals surface area contributed by atoms with Crippen LogP contribution >= 0.6 is 0 Å². The second-order valence-electron chi connectivity index (χ2n) is 5.07. The van der Waals surface area contributed by atoms with E-state index in [1.807, 2.05) is 0 Å². The van der Waals surface area contributed by atoms with E-state index in [2.05, 4.69) is 5.10 Å². The number of aromatic nitrogens is 2. The third-order valence-corrected chi connectivity index (χ3v) is 3.52. The molecular formula is C17H13FN2O3. The molecular weight excluding hydrogens is 299 g/mol. The predicted octanol–water partition coefficient (Wildman–Crippen LogP) is 2.68. The van der Waals surface area contributed by atoms with Crippen molar-refractivity contribution in [3.05, 3.63) is 64.7 Å². The first-order chi connectivity index (χ1) is 11.1. The standard InChI is InChI=1S/C17H13FN2O3/c18-12-7-5-11(6-8-12)16-13-3-1-2-4-14(13)17(23)20(19-16)10-9-15(21)22/h1-8H,9-10H2,(H,21,22). The molecule has 0 amide bonds. The minimum Gasteiger partial charge on any atom is -0.481 e. The van der Waals surface area contributed by atoms with Crippen LogP contribution in [-0.2, 0) is 11.3 Å². The number of nitrogens with zero attached hydrogens (tertiary/aromatic N) is 2. The SMILES string of the molecule is O=C(O)CCn1nc(-c2ccc(F)cc2)c2ccccc2c1=O. The van der Waals surface area contributed by atoms with Crippen LogP contribution < -0.4 is 5.56 Å². The summed E-state index contributed by atoms with van der Waals surface area (Å²) in [7, 11) is 0. The third kappa shape index (κ3) is 2.96. The molecule has 1 heterocycles. The van der Waals surface area contributed by atoms with Gasteiger partial charge in [0.2, 0.25) is 0 Å². The van der Waals surface area contributed by atoms with Crippen molar-refractivity contribution in [1.82, 2.24) is 9.78 Å². The maximum atomic E-state index is 13.1. The van der Waals surface area contributed by atoms with Crippen molar-refractivity contribution >= 4 is 16.7 Å². The Bertz CT molecular complexity index is 933. The first-order valence-corrected chi connectivity index (χ1v) is 7.04. The zero-order valence-corrected chi connectivity index (χ0v) is 12.1. The average Bonchev–Trinajstić information content (AvgIpc) is 2.55. The number of carbonyl (C=O) groups is 1. The fourth-order valence-corrected chi connectivity index (χ4v) is 2.41. The number of hydrogen-bond donors (Lipinski definition) is 1. The second kappa shape index (κ2) is 6.00. The van der Waals surface area contributed by atoms with E-state index >= 15 is 0 Å². The normalized spacial score (nSPS) is 10.8. The summed E-state index contributed by atoms with van der Waals surface area (Å²) in [5.41, 5.74) is 0.838. The lowest BCUT2D eigenvalue weighted by Crippen LogP contribution is -2.25. The van der Waals surface area contributed by atoms with Gasteiger partial charge in [-0.3, -0.25) is 9.59 Å². The molecule has 3 rings (SSSR count). The van der Waals surface area contributed by atoms with Gasteiger partial charge >= 0.3 is 5.97 Å². The Morgan fingerprint density at radius 3 is 2.39 bits per heavy atom. The van der Waals surface area contributed by atoms with Gasteiger partial charge < -0.3 is 5.11 Å². The maximum Gasteiger partial charge on any atom is 0.305 e. The molecule has 0 fully saturated rings. The first-order valence-electron chi connectivity index (χ1n) is 7.04. The first kappa shape index (κ1) is 14.9. The monoisotopic (exact) mass is 312 g/mol. The fraction of sp³-hybridized carbons (Fsp3) is 0.118. The Morgan fingerprint density at radius 2 is 1.74 bits per heavy atom. The number of carboxylic acids is 1. The van der Waals surface area contributed by atoms with Crippen LogP contribution in [0.3, 0.4) is 0 Å². The molecule has 2 aromatic carbocycles. The van der Waals surface area contributed by atoms with E-state index in [4.69, 9.17) is 5.11 Å². The molecule has 5 nitrogen and oxygen atoms in total.